The Morgan fingerprint density at radius 3 is 1.46 bits per heavy atom. The molecule has 0 aliphatic carbocycles. The lowest BCUT2D eigenvalue weighted by molar-refractivity contribution is 0.0685. The van der Waals surface area contributed by atoms with Crippen molar-refractivity contribution >= 4 is 11.9 Å². The zero-order chi connectivity index (χ0) is 20.5. The highest BCUT2D eigenvalue weighted by Gasteiger charge is 2.10. The number of carbonyl (C=O) groups is 2. The number of hydrogen-bond acceptors (Lipinski definition) is 4. The first-order valence-corrected chi connectivity index (χ1v) is 9.57. The maximum atomic E-state index is 11.2. The SMILES string of the molecule is CCc1cc(CNCCNCc2ccc(C(=O)O)c(CC)c2)ccc1C(=O)O. The Balaban J connectivity index is 1.76. The quantitative estimate of drug-likeness (QED) is 0.445. The lowest BCUT2D eigenvalue weighted by Crippen LogP contribution is -2.26. The van der Waals surface area contributed by atoms with Crippen LogP contribution in [0.4, 0.5) is 0 Å². The Morgan fingerprint density at radius 2 is 1.14 bits per heavy atom. The van der Waals surface area contributed by atoms with Gasteiger partial charge in [0.25, 0.3) is 0 Å². The largest absolute Gasteiger partial charge is 0.478 e. The highest BCUT2D eigenvalue weighted by atomic mass is 16.4. The number of benzene rings is 2. The average molecular weight is 384 g/mol. The van der Waals surface area contributed by atoms with Crippen LogP contribution in [0, 0.1) is 0 Å². The van der Waals surface area contributed by atoms with Crippen molar-refractivity contribution in [1.29, 1.82) is 0 Å². The van der Waals surface area contributed by atoms with Crippen LogP contribution in [0.25, 0.3) is 0 Å². The number of carboxylic acid groups (broad SMARTS) is 2. The smallest absolute Gasteiger partial charge is 0.335 e. The van der Waals surface area contributed by atoms with Crippen molar-refractivity contribution in [2.24, 2.45) is 0 Å². The predicted molar refractivity (Wildman–Crippen MR) is 109 cm³/mol. The Morgan fingerprint density at radius 1 is 0.750 bits per heavy atom. The van der Waals surface area contributed by atoms with Crippen LogP contribution in [0.1, 0.15) is 56.8 Å². The van der Waals surface area contributed by atoms with E-state index in [0.29, 0.717) is 37.1 Å². The van der Waals surface area contributed by atoms with Gasteiger partial charge in [-0.05, 0) is 47.2 Å². The zero-order valence-corrected chi connectivity index (χ0v) is 16.4. The van der Waals surface area contributed by atoms with Gasteiger partial charge in [0.15, 0.2) is 0 Å². The molecule has 28 heavy (non-hydrogen) atoms. The molecule has 2 aromatic carbocycles. The lowest BCUT2D eigenvalue weighted by atomic mass is 10.0. The third-order valence-corrected chi connectivity index (χ3v) is 4.70. The molecule has 0 spiro atoms. The topological polar surface area (TPSA) is 98.7 Å². The van der Waals surface area contributed by atoms with Crippen molar-refractivity contribution in [2.45, 2.75) is 39.8 Å². The summed E-state index contributed by atoms with van der Waals surface area (Å²) in [5.41, 5.74) is 4.57. The number of rotatable bonds is 11. The summed E-state index contributed by atoms with van der Waals surface area (Å²) in [7, 11) is 0. The molecule has 0 aliphatic heterocycles. The summed E-state index contributed by atoms with van der Waals surface area (Å²) in [5, 5.41) is 25.0. The van der Waals surface area contributed by atoms with Crippen molar-refractivity contribution in [1.82, 2.24) is 10.6 Å². The van der Waals surface area contributed by atoms with E-state index in [0.717, 1.165) is 35.3 Å². The van der Waals surface area contributed by atoms with Gasteiger partial charge < -0.3 is 20.8 Å². The number of nitrogens with one attached hydrogen (secondary N) is 2. The van der Waals surface area contributed by atoms with E-state index in [1.54, 1.807) is 12.1 Å². The molecule has 0 amide bonds. The van der Waals surface area contributed by atoms with Crippen LogP contribution in [0.2, 0.25) is 0 Å². The molecule has 6 nitrogen and oxygen atoms in total. The molecular weight excluding hydrogens is 356 g/mol. The summed E-state index contributed by atoms with van der Waals surface area (Å²) in [6, 6.07) is 10.9. The number of aromatic carboxylic acids is 2. The van der Waals surface area contributed by atoms with Crippen molar-refractivity contribution in [3.05, 3.63) is 69.8 Å². The molecule has 0 heterocycles. The molecule has 0 saturated heterocycles. The number of hydrogen-bond donors (Lipinski definition) is 4. The van der Waals surface area contributed by atoms with E-state index in [1.165, 1.54) is 0 Å². The maximum absolute atomic E-state index is 11.2. The monoisotopic (exact) mass is 384 g/mol. The molecule has 2 rings (SSSR count). The van der Waals surface area contributed by atoms with Crippen molar-refractivity contribution in [3.63, 3.8) is 0 Å². The Labute approximate surface area is 165 Å². The minimum absolute atomic E-state index is 0.369. The average Bonchev–Trinajstić information content (AvgIpc) is 2.69. The summed E-state index contributed by atoms with van der Waals surface area (Å²) in [4.78, 5) is 22.4. The highest BCUT2D eigenvalue weighted by molar-refractivity contribution is 5.90. The van der Waals surface area contributed by atoms with E-state index >= 15 is 0 Å². The van der Waals surface area contributed by atoms with Crippen molar-refractivity contribution in [2.75, 3.05) is 13.1 Å². The molecule has 0 atom stereocenters. The van der Waals surface area contributed by atoms with Gasteiger partial charge >= 0.3 is 11.9 Å². The van der Waals surface area contributed by atoms with Gasteiger partial charge in [-0.1, -0.05) is 38.1 Å². The Kier molecular flexibility index (Phi) is 8.17. The second-order valence-electron chi connectivity index (χ2n) is 6.65. The first-order valence-electron chi connectivity index (χ1n) is 9.57. The van der Waals surface area contributed by atoms with E-state index in [4.69, 9.17) is 0 Å². The third kappa shape index (κ3) is 5.90. The molecule has 150 valence electrons. The van der Waals surface area contributed by atoms with Crippen molar-refractivity contribution < 1.29 is 19.8 Å². The Hall–Kier alpha value is -2.70. The summed E-state index contributed by atoms with van der Waals surface area (Å²) >= 11 is 0. The molecule has 0 aliphatic rings. The van der Waals surface area contributed by atoms with Gasteiger partial charge in [0.1, 0.15) is 0 Å². The molecule has 2 aromatic rings. The number of carboxylic acids is 2. The molecule has 0 saturated carbocycles. The van der Waals surface area contributed by atoms with Gasteiger partial charge in [0.05, 0.1) is 11.1 Å². The highest BCUT2D eigenvalue weighted by Crippen LogP contribution is 2.14. The van der Waals surface area contributed by atoms with Gasteiger partial charge in [-0.2, -0.15) is 0 Å². The summed E-state index contributed by atoms with van der Waals surface area (Å²) < 4.78 is 0. The van der Waals surface area contributed by atoms with Crippen LogP contribution in [0.5, 0.6) is 0 Å². The van der Waals surface area contributed by atoms with Crippen molar-refractivity contribution in [3.8, 4) is 0 Å². The first kappa shape index (κ1) is 21.6. The molecule has 0 fully saturated rings. The third-order valence-electron chi connectivity index (χ3n) is 4.70. The molecule has 4 N–H and O–H groups in total. The zero-order valence-electron chi connectivity index (χ0n) is 16.4. The van der Waals surface area contributed by atoms with Crippen LogP contribution in [0.15, 0.2) is 36.4 Å². The molecule has 6 heteroatoms. The van der Waals surface area contributed by atoms with Gasteiger partial charge in [-0.15, -0.1) is 0 Å². The first-order chi connectivity index (χ1) is 13.5. The second-order valence-corrected chi connectivity index (χ2v) is 6.65. The van der Waals surface area contributed by atoms with Crippen LogP contribution >= 0.6 is 0 Å². The van der Waals surface area contributed by atoms with Crippen LogP contribution < -0.4 is 10.6 Å². The fraction of sp³-hybridized carbons (Fsp3) is 0.364. The molecule has 0 unspecified atom stereocenters. The van der Waals surface area contributed by atoms with Crippen LogP contribution in [-0.4, -0.2) is 35.2 Å². The van der Waals surface area contributed by atoms with Gasteiger partial charge in [-0.3, -0.25) is 0 Å². The van der Waals surface area contributed by atoms with E-state index < -0.39 is 11.9 Å². The van der Waals surface area contributed by atoms with Crippen LogP contribution in [-0.2, 0) is 25.9 Å². The summed E-state index contributed by atoms with van der Waals surface area (Å²) in [5.74, 6) is -1.77. The molecular formula is C22H28N2O4. The summed E-state index contributed by atoms with van der Waals surface area (Å²) in [6.45, 7) is 6.82. The maximum Gasteiger partial charge on any atom is 0.335 e. The predicted octanol–water partition coefficient (Wildman–Crippen LogP) is 3.09. The lowest BCUT2D eigenvalue weighted by Gasteiger charge is -2.10. The van der Waals surface area contributed by atoms with E-state index in [9.17, 15) is 19.8 Å². The van der Waals surface area contributed by atoms with Gasteiger partial charge in [-0.25, -0.2) is 9.59 Å². The second kappa shape index (κ2) is 10.6. The van der Waals surface area contributed by atoms with Crippen LogP contribution in [0.3, 0.4) is 0 Å². The standard InChI is InChI=1S/C22H28N2O4/c1-3-17-11-15(5-7-19(17)21(25)26)13-23-9-10-24-14-16-6-8-20(22(27)28)18(4-2)12-16/h5-8,11-12,23-24H,3-4,9-10,13-14H2,1-2H3,(H,25,26)(H,27,28). The fourth-order valence-corrected chi connectivity index (χ4v) is 3.16. The van der Waals surface area contributed by atoms with E-state index in [-0.39, 0.29) is 0 Å². The van der Waals surface area contributed by atoms with Gasteiger partial charge in [0, 0.05) is 26.2 Å². The minimum Gasteiger partial charge on any atom is -0.478 e. The summed E-state index contributed by atoms with van der Waals surface area (Å²) in [6.07, 6.45) is 1.38. The van der Waals surface area contributed by atoms with Gasteiger partial charge in [0.2, 0.25) is 0 Å². The molecule has 0 bridgehead atoms. The fourth-order valence-electron chi connectivity index (χ4n) is 3.16. The minimum atomic E-state index is -0.886. The Bertz CT molecular complexity index is 764. The van der Waals surface area contributed by atoms with E-state index in [2.05, 4.69) is 10.6 Å². The van der Waals surface area contributed by atoms with E-state index in [1.807, 2.05) is 38.1 Å². The number of aryl methyl sites for hydroxylation is 2. The molecule has 0 aromatic heterocycles. The normalized spacial score (nSPS) is 10.8. The molecule has 0 radical (unpaired) electrons.